The van der Waals surface area contributed by atoms with Crippen molar-refractivity contribution in [1.82, 2.24) is 0 Å². The normalized spacial score (nSPS) is 10.1. The summed E-state index contributed by atoms with van der Waals surface area (Å²) in [6.45, 7) is 2.29. The van der Waals surface area contributed by atoms with Gasteiger partial charge in [0.25, 0.3) is 0 Å². The van der Waals surface area contributed by atoms with Crippen LogP contribution in [0.3, 0.4) is 0 Å². The first kappa shape index (κ1) is 9.80. The van der Waals surface area contributed by atoms with Crippen molar-refractivity contribution >= 4 is 5.69 Å². The molecule has 0 amide bonds. The summed E-state index contributed by atoms with van der Waals surface area (Å²) < 4.78 is 18.5. The van der Waals surface area contributed by atoms with Crippen LogP contribution < -0.4 is 16.2 Å². The van der Waals surface area contributed by atoms with E-state index in [9.17, 15) is 4.39 Å². The zero-order chi connectivity index (χ0) is 9.84. The standard InChI is InChI=1S/C9H13FN2O/c1-2-13-8-4-3-7(12)6(5-11)9(8)10/h3-4H,2,5,11-12H2,1H3. The molecule has 0 aliphatic carbocycles. The molecule has 72 valence electrons. The third kappa shape index (κ3) is 1.89. The van der Waals surface area contributed by atoms with Crippen molar-refractivity contribution in [2.24, 2.45) is 5.73 Å². The van der Waals surface area contributed by atoms with Gasteiger partial charge < -0.3 is 16.2 Å². The lowest BCUT2D eigenvalue weighted by molar-refractivity contribution is 0.320. The van der Waals surface area contributed by atoms with Crippen molar-refractivity contribution in [3.63, 3.8) is 0 Å². The Labute approximate surface area is 76.5 Å². The number of benzene rings is 1. The number of rotatable bonds is 3. The van der Waals surface area contributed by atoms with Crippen LogP contribution >= 0.6 is 0 Å². The van der Waals surface area contributed by atoms with Crippen LogP contribution in [0.4, 0.5) is 10.1 Å². The smallest absolute Gasteiger partial charge is 0.171 e. The largest absolute Gasteiger partial charge is 0.491 e. The van der Waals surface area contributed by atoms with Gasteiger partial charge in [0.1, 0.15) is 0 Å². The van der Waals surface area contributed by atoms with Gasteiger partial charge in [-0.05, 0) is 19.1 Å². The predicted octanol–water partition coefficient (Wildman–Crippen LogP) is 1.27. The van der Waals surface area contributed by atoms with Crippen LogP contribution in [-0.4, -0.2) is 6.61 Å². The van der Waals surface area contributed by atoms with Crippen molar-refractivity contribution in [2.75, 3.05) is 12.3 Å². The van der Waals surface area contributed by atoms with Crippen LogP contribution in [0.2, 0.25) is 0 Å². The van der Waals surface area contributed by atoms with Crippen LogP contribution in [0, 0.1) is 5.82 Å². The molecule has 0 unspecified atom stereocenters. The zero-order valence-electron chi connectivity index (χ0n) is 7.51. The quantitative estimate of drug-likeness (QED) is 0.695. The number of hydrogen-bond acceptors (Lipinski definition) is 3. The maximum atomic E-state index is 13.4. The Bertz CT molecular complexity index is 302. The van der Waals surface area contributed by atoms with Crippen LogP contribution in [0.25, 0.3) is 0 Å². The molecule has 0 bridgehead atoms. The maximum Gasteiger partial charge on any atom is 0.171 e. The molecule has 0 atom stereocenters. The number of hydrogen-bond donors (Lipinski definition) is 2. The first-order chi connectivity index (χ1) is 6.20. The molecule has 0 saturated heterocycles. The Morgan fingerprint density at radius 1 is 1.46 bits per heavy atom. The van der Waals surface area contributed by atoms with Gasteiger partial charge in [-0.1, -0.05) is 0 Å². The van der Waals surface area contributed by atoms with E-state index in [1.807, 2.05) is 0 Å². The van der Waals surface area contributed by atoms with E-state index in [-0.39, 0.29) is 12.3 Å². The molecule has 4 heteroatoms. The lowest BCUT2D eigenvalue weighted by atomic mass is 10.1. The van der Waals surface area contributed by atoms with E-state index in [2.05, 4.69) is 0 Å². The second-order valence-corrected chi connectivity index (χ2v) is 2.58. The minimum absolute atomic E-state index is 0.0819. The Morgan fingerprint density at radius 3 is 2.69 bits per heavy atom. The van der Waals surface area contributed by atoms with E-state index in [0.717, 1.165) is 0 Å². The third-order valence-electron chi connectivity index (χ3n) is 1.75. The number of nitrogen functional groups attached to an aromatic ring is 1. The zero-order valence-corrected chi connectivity index (χ0v) is 7.51. The molecule has 0 radical (unpaired) electrons. The minimum atomic E-state index is -0.454. The molecule has 0 spiro atoms. The minimum Gasteiger partial charge on any atom is -0.491 e. The second-order valence-electron chi connectivity index (χ2n) is 2.58. The third-order valence-corrected chi connectivity index (χ3v) is 1.75. The highest BCUT2D eigenvalue weighted by Crippen LogP contribution is 2.24. The molecule has 0 aliphatic heterocycles. The molecule has 0 aliphatic rings. The fraction of sp³-hybridized carbons (Fsp3) is 0.333. The highest BCUT2D eigenvalue weighted by Gasteiger charge is 2.10. The average Bonchev–Trinajstić information content (AvgIpc) is 2.11. The lowest BCUT2D eigenvalue weighted by Gasteiger charge is -2.09. The van der Waals surface area contributed by atoms with Crippen molar-refractivity contribution in [3.8, 4) is 5.75 Å². The molecular weight excluding hydrogens is 171 g/mol. The van der Waals surface area contributed by atoms with Crippen molar-refractivity contribution < 1.29 is 9.13 Å². The molecule has 0 fully saturated rings. The molecule has 13 heavy (non-hydrogen) atoms. The van der Waals surface area contributed by atoms with Crippen molar-refractivity contribution in [1.29, 1.82) is 0 Å². The van der Waals surface area contributed by atoms with Crippen LogP contribution in [0.5, 0.6) is 5.75 Å². The topological polar surface area (TPSA) is 61.3 Å². The first-order valence-corrected chi connectivity index (χ1v) is 4.10. The molecule has 1 rings (SSSR count). The van der Waals surface area contributed by atoms with E-state index in [0.29, 0.717) is 17.9 Å². The van der Waals surface area contributed by atoms with Gasteiger partial charge in [0.15, 0.2) is 11.6 Å². The van der Waals surface area contributed by atoms with E-state index < -0.39 is 5.82 Å². The summed E-state index contributed by atoms with van der Waals surface area (Å²) >= 11 is 0. The Morgan fingerprint density at radius 2 is 2.15 bits per heavy atom. The van der Waals surface area contributed by atoms with Crippen LogP contribution in [0.15, 0.2) is 12.1 Å². The van der Waals surface area contributed by atoms with Gasteiger partial charge in [-0.2, -0.15) is 0 Å². The first-order valence-electron chi connectivity index (χ1n) is 4.10. The summed E-state index contributed by atoms with van der Waals surface area (Å²) in [7, 11) is 0. The monoisotopic (exact) mass is 184 g/mol. The van der Waals surface area contributed by atoms with E-state index >= 15 is 0 Å². The van der Waals surface area contributed by atoms with Gasteiger partial charge in [0.05, 0.1) is 6.61 Å². The van der Waals surface area contributed by atoms with Gasteiger partial charge in [-0.15, -0.1) is 0 Å². The number of halogens is 1. The van der Waals surface area contributed by atoms with Crippen LogP contribution in [0.1, 0.15) is 12.5 Å². The molecule has 0 heterocycles. The molecule has 0 aromatic heterocycles. The highest BCUT2D eigenvalue weighted by atomic mass is 19.1. The van der Waals surface area contributed by atoms with E-state index in [1.165, 1.54) is 6.07 Å². The molecule has 4 N–H and O–H groups in total. The average molecular weight is 184 g/mol. The van der Waals surface area contributed by atoms with E-state index in [1.54, 1.807) is 13.0 Å². The summed E-state index contributed by atoms with van der Waals surface area (Å²) in [6.07, 6.45) is 0. The SMILES string of the molecule is CCOc1ccc(N)c(CN)c1F. The Hall–Kier alpha value is -1.29. The van der Waals surface area contributed by atoms with Gasteiger partial charge >= 0.3 is 0 Å². The number of ether oxygens (including phenoxy) is 1. The molecular formula is C9H13FN2O. The molecule has 1 aromatic rings. The van der Waals surface area contributed by atoms with Crippen molar-refractivity contribution in [2.45, 2.75) is 13.5 Å². The summed E-state index contributed by atoms with van der Waals surface area (Å²) in [5.41, 5.74) is 11.5. The molecule has 1 aromatic carbocycles. The summed E-state index contributed by atoms with van der Waals surface area (Å²) in [6, 6.07) is 3.10. The van der Waals surface area contributed by atoms with Crippen LogP contribution in [-0.2, 0) is 6.54 Å². The fourth-order valence-electron chi connectivity index (χ4n) is 1.09. The summed E-state index contributed by atoms with van der Waals surface area (Å²) in [4.78, 5) is 0. The van der Waals surface area contributed by atoms with Gasteiger partial charge in [-0.3, -0.25) is 0 Å². The lowest BCUT2D eigenvalue weighted by Crippen LogP contribution is -2.06. The Balaban J connectivity index is 3.11. The van der Waals surface area contributed by atoms with Gasteiger partial charge in [0, 0.05) is 17.8 Å². The fourth-order valence-corrected chi connectivity index (χ4v) is 1.09. The molecule has 0 saturated carbocycles. The van der Waals surface area contributed by atoms with Gasteiger partial charge in [0.2, 0.25) is 0 Å². The highest BCUT2D eigenvalue weighted by molar-refractivity contribution is 5.51. The number of nitrogens with two attached hydrogens (primary N) is 2. The summed E-state index contributed by atoms with van der Waals surface area (Å²) in [5.74, 6) is -0.249. The predicted molar refractivity (Wildman–Crippen MR) is 49.9 cm³/mol. The van der Waals surface area contributed by atoms with Gasteiger partial charge in [-0.25, -0.2) is 4.39 Å². The molecule has 3 nitrogen and oxygen atoms in total. The second kappa shape index (κ2) is 4.09. The van der Waals surface area contributed by atoms with E-state index in [4.69, 9.17) is 16.2 Å². The number of anilines is 1. The maximum absolute atomic E-state index is 13.4. The summed E-state index contributed by atoms with van der Waals surface area (Å²) in [5, 5.41) is 0. The van der Waals surface area contributed by atoms with Crippen molar-refractivity contribution in [3.05, 3.63) is 23.5 Å². The Kier molecular flexibility index (Phi) is 3.08.